The normalized spacial score (nSPS) is 10.6. The van der Waals surface area contributed by atoms with Gasteiger partial charge in [-0.1, -0.05) is 42.5 Å². The van der Waals surface area contributed by atoms with Crippen molar-refractivity contribution in [1.82, 2.24) is 0 Å². The molecule has 0 atom stereocenters. The molecule has 3 nitrogen and oxygen atoms in total. The summed E-state index contributed by atoms with van der Waals surface area (Å²) in [6.07, 6.45) is 5.58. The van der Waals surface area contributed by atoms with E-state index in [0.29, 0.717) is 5.57 Å². The lowest BCUT2D eigenvalue weighted by atomic mass is 10.2. The minimum Gasteiger partial charge on any atom is -0.478 e. The Kier molecular flexibility index (Phi) is 7.94. The molecule has 0 fully saturated rings. The highest BCUT2D eigenvalue weighted by Gasteiger charge is 1.93. The van der Waals surface area contributed by atoms with Crippen LogP contribution in [0.2, 0.25) is 0 Å². The van der Waals surface area contributed by atoms with Gasteiger partial charge >= 0.3 is 5.97 Å². The van der Waals surface area contributed by atoms with Gasteiger partial charge < -0.3 is 5.11 Å². The number of carboxylic acid groups (broad SMARTS) is 1. The number of allylic oxidation sites excluding steroid dienone is 2. The summed E-state index contributed by atoms with van der Waals surface area (Å²) in [7, 11) is 0. The first-order valence-electron chi connectivity index (χ1n) is 5.15. The highest BCUT2D eigenvalue weighted by Crippen LogP contribution is 1.99. The maximum atomic E-state index is 9.89. The fourth-order valence-corrected chi connectivity index (χ4v) is 0.838. The van der Waals surface area contributed by atoms with Gasteiger partial charge in [0.15, 0.2) is 0 Å². The molecule has 0 heterocycles. The van der Waals surface area contributed by atoms with Gasteiger partial charge in [0, 0.05) is 5.57 Å². The standard InChI is InChI=1S/C9H8O.C5H8O2/c10-8-4-7-9-5-2-1-3-6-9;1-3-4(2)5(6)7/h1-8H;3H,1-2H3,(H,6,7). The molecule has 0 amide bonds. The Balaban J connectivity index is 0.000000325. The van der Waals surface area contributed by atoms with Crippen LogP contribution in [-0.4, -0.2) is 17.4 Å². The Hall–Kier alpha value is -2.16. The number of aliphatic carboxylic acids is 1. The van der Waals surface area contributed by atoms with Crippen LogP contribution < -0.4 is 0 Å². The van der Waals surface area contributed by atoms with Crippen LogP contribution in [0.25, 0.3) is 6.08 Å². The molecule has 0 aliphatic rings. The van der Waals surface area contributed by atoms with Gasteiger partial charge in [-0.3, -0.25) is 4.79 Å². The highest BCUT2D eigenvalue weighted by molar-refractivity contribution is 5.85. The maximum absolute atomic E-state index is 9.89. The molecule has 1 N–H and O–H groups in total. The third kappa shape index (κ3) is 7.73. The van der Waals surface area contributed by atoms with Gasteiger partial charge in [0.1, 0.15) is 6.29 Å². The molecule has 0 spiro atoms. The van der Waals surface area contributed by atoms with Crippen LogP contribution in [0.4, 0.5) is 0 Å². The average molecular weight is 232 g/mol. The van der Waals surface area contributed by atoms with Crippen molar-refractivity contribution in [2.45, 2.75) is 13.8 Å². The Morgan fingerprint density at radius 3 is 2.18 bits per heavy atom. The average Bonchev–Trinajstić information content (AvgIpc) is 2.37. The van der Waals surface area contributed by atoms with E-state index >= 15 is 0 Å². The molecule has 0 aliphatic carbocycles. The van der Waals surface area contributed by atoms with Gasteiger partial charge in [0.05, 0.1) is 0 Å². The van der Waals surface area contributed by atoms with Crippen LogP contribution >= 0.6 is 0 Å². The summed E-state index contributed by atoms with van der Waals surface area (Å²) in [5, 5.41) is 8.11. The van der Waals surface area contributed by atoms with Crippen molar-refractivity contribution in [2.24, 2.45) is 0 Å². The van der Waals surface area contributed by atoms with E-state index in [1.54, 1.807) is 26.0 Å². The minimum absolute atomic E-state index is 0.389. The van der Waals surface area contributed by atoms with E-state index in [-0.39, 0.29) is 0 Å². The Morgan fingerprint density at radius 1 is 1.24 bits per heavy atom. The van der Waals surface area contributed by atoms with E-state index in [2.05, 4.69) is 0 Å². The van der Waals surface area contributed by atoms with Crippen molar-refractivity contribution in [1.29, 1.82) is 0 Å². The Morgan fingerprint density at radius 2 is 1.82 bits per heavy atom. The van der Waals surface area contributed by atoms with Gasteiger partial charge in [-0.25, -0.2) is 4.79 Å². The van der Waals surface area contributed by atoms with Crippen molar-refractivity contribution in [2.75, 3.05) is 0 Å². The van der Waals surface area contributed by atoms with Crippen molar-refractivity contribution in [3.8, 4) is 0 Å². The molecule has 90 valence electrons. The van der Waals surface area contributed by atoms with E-state index < -0.39 is 5.97 Å². The van der Waals surface area contributed by atoms with Crippen molar-refractivity contribution in [3.05, 3.63) is 53.6 Å². The summed E-state index contributed by atoms with van der Waals surface area (Å²) >= 11 is 0. The molecule has 0 saturated carbocycles. The first-order valence-corrected chi connectivity index (χ1v) is 5.15. The van der Waals surface area contributed by atoms with Gasteiger partial charge in [0.25, 0.3) is 0 Å². The molecular formula is C14H16O3. The molecule has 0 saturated heterocycles. The first kappa shape index (κ1) is 14.8. The zero-order chi connectivity index (χ0) is 13.1. The fraction of sp³-hybridized carbons (Fsp3) is 0.143. The summed E-state index contributed by atoms with van der Waals surface area (Å²) in [5.74, 6) is -0.845. The van der Waals surface area contributed by atoms with E-state index in [0.717, 1.165) is 11.8 Å². The van der Waals surface area contributed by atoms with Crippen molar-refractivity contribution in [3.63, 3.8) is 0 Å². The second-order valence-electron chi connectivity index (χ2n) is 3.18. The maximum Gasteiger partial charge on any atom is 0.330 e. The van der Waals surface area contributed by atoms with Crippen molar-refractivity contribution >= 4 is 18.3 Å². The SMILES string of the molecule is CC=C(C)C(=O)O.O=CC=Cc1ccccc1. The van der Waals surface area contributed by atoms with Gasteiger partial charge in [-0.2, -0.15) is 0 Å². The minimum atomic E-state index is -0.845. The summed E-state index contributed by atoms with van der Waals surface area (Å²) in [6.45, 7) is 3.26. The summed E-state index contributed by atoms with van der Waals surface area (Å²) in [5.41, 5.74) is 1.44. The highest BCUT2D eigenvalue weighted by atomic mass is 16.4. The third-order valence-electron chi connectivity index (χ3n) is 1.94. The molecule has 0 bridgehead atoms. The largest absolute Gasteiger partial charge is 0.478 e. The van der Waals surface area contributed by atoms with Crippen LogP contribution in [0.1, 0.15) is 19.4 Å². The molecule has 1 aromatic rings. The number of carbonyl (C=O) groups is 2. The topological polar surface area (TPSA) is 54.4 Å². The van der Waals surface area contributed by atoms with Crippen LogP contribution in [0, 0.1) is 0 Å². The molecule has 17 heavy (non-hydrogen) atoms. The van der Waals surface area contributed by atoms with Crippen LogP contribution in [0.15, 0.2) is 48.1 Å². The second kappa shape index (κ2) is 9.09. The number of aldehydes is 1. The molecule has 0 aliphatic heterocycles. The number of hydrogen-bond donors (Lipinski definition) is 1. The smallest absolute Gasteiger partial charge is 0.330 e. The molecular weight excluding hydrogens is 216 g/mol. The lowest BCUT2D eigenvalue weighted by Gasteiger charge is -1.86. The van der Waals surface area contributed by atoms with E-state index in [4.69, 9.17) is 5.11 Å². The fourth-order valence-electron chi connectivity index (χ4n) is 0.838. The Bertz CT molecular complexity index is 403. The monoisotopic (exact) mass is 232 g/mol. The third-order valence-corrected chi connectivity index (χ3v) is 1.94. The predicted molar refractivity (Wildman–Crippen MR) is 68.6 cm³/mol. The lowest BCUT2D eigenvalue weighted by molar-refractivity contribution is -0.132. The van der Waals surface area contributed by atoms with Crippen LogP contribution in [0.3, 0.4) is 0 Å². The number of carboxylic acids is 1. The molecule has 0 unspecified atom stereocenters. The van der Waals surface area contributed by atoms with E-state index in [9.17, 15) is 9.59 Å². The second-order valence-corrected chi connectivity index (χ2v) is 3.18. The number of rotatable bonds is 3. The van der Waals surface area contributed by atoms with Crippen molar-refractivity contribution < 1.29 is 14.7 Å². The van der Waals surface area contributed by atoms with Gasteiger partial charge in [-0.05, 0) is 25.5 Å². The quantitative estimate of drug-likeness (QED) is 0.644. The molecule has 0 radical (unpaired) electrons. The molecule has 3 heteroatoms. The van der Waals surface area contributed by atoms with Crippen LogP contribution in [0.5, 0.6) is 0 Å². The summed E-state index contributed by atoms with van der Waals surface area (Å²) in [4.78, 5) is 19.8. The van der Waals surface area contributed by atoms with E-state index in [1.165, 1.54) is 6.08 Å². The zero-order valence-electron chi connectivity index (χ0n) is 9.96. The van der Waals surface area contributed by atoms with Crippen LogP contribution in [-0.2, 0) is 9.59 Å². The predicted octanol–water partition coefficient (Wildman–Crippen LogP) is 2.94. The summed E-state index contributed by atoms with van der Waals surface area (Å²) < 4.78 is 0. The van der Waals surface area contributed by atoms with E-state index in [1.807, 2.05) is 30.3 Å². The molecule has 1 rings (SSSR count). The van der Waals surface area contributed by atoms with Gasteiger partial charge in [0.2, 0.25) is 0 Å². The zero-order valence-corrected chi connectivity index (χ0v) is 9.96. The van der Waals surface area contributed by atoms with Gasteiger partial charge in [-0.15, -0.1) is 0 Å². The number of hydrogen-bond acceptors (Lipinski definition) is 2. The summed E-state index contributed by atoms with van der Waals surface area (Å²) in [6, 6.07) is 9.70. The number of benzene rings is 1. The molecule has 1 aromatic carbocycles. The Labute approximate surface area is 101 Å². The number of carbonyl (C=O) groups excluding carboxylic acids is 1. The lowest BCUT2D eigenvalue weighted by Crippen LogP contribution is -1.93. The first-order chi connectivity index (χ1) is 8.11. The molecule has 0 aromatic heterocycles.